The number of hydrogen-bond acceptors (Lipinski definition) is 0. The fourth-order valence-corrected chi connectivity index (χ4v) is 8.56. The van der Waals surface area contributed by atoms with Crippen molar-refractivity contribution in [2.75, 3.05) is 0 Å². The zero-order chi connectivity index (χ0) is 33.7. The second kappa shape index (κ2) is 12.3. The molecule has 1 unspecified atom stereocenters. The lowest BCUT2D eigenvalue weighted by molar-refractivity contribution is 0.629. The standard InChI is InChI=1S/C50H37N/c1-2-12-35(13-3-1)38-17-10-11-34(29-38)30-42-22-21-37-15-6-7-18-44(37)47-32-40(24-27-45(42)47)41-25-28-50-48(33-41)46-19-8-9-20-49(46)51(50)43-26-23-36-14-4-5-16-39(36)31-43/h1-20,23-29,31-33,42H,21-22,30H2. The molecule has 0 bridgehead atoms. The molecule has 1 heteroatoms. The van der Waals surface area contributed by atoms with Crippen LogP contribution in [0.15, 0.2) is 182 Å². The zero-order valence-electron chi connectivity index (χ0n) is 28.5. The van der Waals surface area contributed by atoms with Crippen molar-refractivity contribution in [1.82, 2.24) is 4.57 Å². The molecule has 1 aromatic heterocycles. The summed E-state index contributed by atoms with van der Waals surface area (Å²) in [6.45, 7) is 0. The molecule has 1 heterocycles. The largest absolute Gasteiger partial charge is 0.309 e. The molecule has 9 aromatic rings. The average molecular weight is 652 g/mol. The topological polar surface area (TPSA) is 4.93 Å². The van der Waals surface area contributed by atoms with Crippen LogP contribution in [0.25, 0.3) is 71.6 Å². The highest BCUT2D eigenvalue weighted by Gasteiger charge is 2.24. The number of aromatic nitrogens is 1. The van der Waals surface area contributed by atoms with Gasteiger partial charge in [0.1, 0.15) is 0 Å². The van der Waals surface area contributed by atoms with Crippen LogP contribution in [0.4, 0.5) is 0 Å². The molecular weight excluding hydrogens is 615 g/mol. The maximum Gasteiger partial charge on any atom is 0.0541 e. The quantitative estimate of drug-likeness (QED) is 0.175. The molecule has 1 atom stereocenters. The number of aryl methyl sites for hydroxylation is 1. The second-order valence-corrected chi connectivity index (χ2v) is 14.1. The van der Waals surface area contributed by atoms with Crippen molar-refractivity contribution in [2.24, 2.45) is 0 Å². The van der Waals surface area contributed by atoms with Gasteiger partial charge >= 0.3 is 0 Å². The SMILES string of the molecule is c1ccc(-c2cccc(CC3CCc4ccccc4-c4cc(-c5ccc6c(c5)c5ccccc5n6-c5ccc6ccccc6c5)ccc43)c2)cc1. The van der Waals surface area contributed by atoms with E-state index in [0.717, 1.165) is 19.3 Å². The Balaban J connectivity index is 1.07. The molecule has 0 saturated carbocycles. The van der Waals surface area contributed by atoms with Crippen LogP contribution in [0.1, 0.15) is 29.0 Å². The molecule has 0 fully saturated rings. The predicted molar refractivity (Wildman–Crippen MR) is 216 cm³/mol. The minimum atomic E-state index is 0.440. The highest BCUT2D eigenvalue weighted by molar-refractivity contribution is 6.10. The van der Waals surface area contributed by atoms with E-state index in [-0.39, 0.29) is 0 Å². The Morgan fingerprint density at radius 2 is 1.18 bits per heavy atom. The van der Waals surface area contributed by atoms with Crippen molar-refractivity contribution in [1.29, 1.82) is 0 Å². The lowest BCUT2D eigenvalue weighted by atomic mass is 9.84. The van der Waals surface area contributed by atoms with E-state index < -0.39 is 0 Å². The maximum absolute atomic E-state index is 2.47. The third-order valence-corrected chi connectivity index (χ3v) is 11.1. The molecule has 0 N–H and O–H groups in total. The molecule has 0 saturated heterocycles. The van der Waals surface area contributed by atoms with E-state index in [1.807, 2.05) is 0 Å². The molecule has 242 valence electrons. The molecule has 10 rings (SSSR count). The van der Waals surface area contributed by atoms with Gasteiger partial charge in [-0.3, -0.25) is 0 Å². The number of benzene rings is 8. The Labute approximate surface area is 299 Å². The first kappa shape index (κ1) is 29.7. The summed E-state index contributed by atoms with van der Waals surface area (Å²) in [5.41, 5.74) is 15.8. The number of nitrogens with zero attached hydrogens (tertiary/aromatic N) is 1. The zero-order valence-corrected chi connectivity index (χ0v) is 28.5. The van der Waals surface area contributed by atoms with Crippen LogP contribution in [-0.4, -0.2) is 4.57 Å². The molecule has 0 radical (unpaired) electrons. The van der Waals surface area contributed by atoms with Gasteiger partial charge in [0.15, 0.2) is 0 Å². The molecule has 0 spiro atoms. The monoisotopic (exact) mass is 651 g/mol. The summed E-state index contributed by atoms with van der Waals surface area (Å²) in [6.07, 6.45) is 3.25. The molecule has 0 aliphatic heterocycles. The van der Waals surface area contributed by atoms with E-state index in [1.54, 1.807) is 0 Å². The van der Waals surface area contributed by atoms with Crippen molar-refractivity contribution < 1.29 is 0 Å². The normalized spacial score (nSPS) is 14.0. The van der Waals surface area contributed by atoms with Crippen LogP contribution in [0, 0.1) is 0 Å². The van der Waals surface area contributed by atoms with E-state index in [1.165, 1.54) is 88.3 Å². The molecule has 1 aliphatic rings. The summed E-state index contributed by atoms with van der Waals surface area (Å²) >= 11 is 0. The van der Waals surface area contributed by atoms with E-state index in [4.69, 9.17) is 0 Å². The van der Waals surface area contributed by atoms with Crippen LogP contribution < -0.4 is 0 Å². The van der Waals surface area contributed by atoms with Gasteiger partial charge in [0, 0.05) is 16.5 Å². The maximum atomic E-state index is 2.47. The summed E-state index contributed by atoms with van der Waals surface area (Å²) in [5, 5.41) is 5.07. The highest BCUT2D eigenvalue weighted by atomic mass is 15.0. The van der Waals surface area contributed by atoms with Crippen molar-refractivity contribution in [3.05, 3.63) is 199 Å². The number of fused-ring (bicyclic) bond motifs is 7. The average Bonchev–Trinajstić information content (AvgIpc) is 3.45. The van der Waals surface area contributed by atoms with Crippen LogP contribution in [-0.2, 0) is 12.8 Å². The molecular formula is C50H37N. The van der Waals surface area contributed by atoms with Gasteiger partial charge in [-0.15, -0.1) is 0 Å². The Morgan fingerprint density at radius 1 is 0.451 bits per heavy atom. The minimum Gasteiger partial charge on any atom is -0.309 e. The van der Waals surface area contributed by atoms with Gasteiger partial charge in [0.2, 0.25) is 0 Å². The summed E-state index contributed by atoms with van der Waals surface area (Å²) < 4.78 is 2.42. The van der Waals surface area contributed by atoms with Gasteiger partial charge in [-0.2, -0.15) is 0 Å². The van der Waals surface area contributed by atoms with Gasteiger partial charge in [-0.25, -0.2) is 0 Å². The Hall–Kier alpha value is -6.18. The number of rotatable bonds is 5. The van der Waals surface area contributed by atoms with E-state index in [2.05, 4.69) is 187 Å². The van der Waals surface area contributed by atoms with Crippen LogP contribution in [0.5, 0.6) is 0 Å². The number of para-hydroxylation sites is 1. The molecule has 0 amide bonds. The van der Waals surface area contributed by atoms with E-state index in [9.17, 15) is 0 Å². The Morgan fingerprint density at radius 3 is 2.12 bits per heavy atom. The van der Waals surface area contributed by atoms with Crippen LogP contribution >= 0.6 is 0 Å². The van der Waals surface area contributed by atoms with Crippen molar-refractivity contribution >= 4 is 32.6 Å². The molecule has 1 nitrogen and oxygen atoms in total. The van der Waals surface area contributed by atoms with Gasteiger partial charge in [-0.1, -0.05) is 146 Å². The summed E-state index contributed by atoms with van der Waals surface area (Å²) in [5.74, 6) is 0.440. The Kier molecular flexibility index (Phi) is 7.17. The number of hydrogen-bond donors (Lipinski definition) is 0. The first-order valence-corrected chi connectivity index (χ1v) is 18.2. The lowest BCUT2D eigenvalue weighted by Gasteiger charge is -2.20. The van der Waals surface area contributed by atoms with Crippen LogP contribution in [0.2, 0.25) is 0 Å². The summed E-state index contributed by atoms with van der Waals surface area (Å²) in [4.78, 5) is 0. The first-order chi connectivity index (χ1) is 25.3. The smallest absolute Gasteiger partial charge is 0.0541 e. The highest BCUT2D eigenvalue weighted by Crippen LogP contribution is 2.43. The molecule has 51 heavy (non-hydrogen) atoms. The van der Waals surface area contributed by atoms with Gasteiger partial charge < -0.3 is 4.57 Å². The fourth-order valence-electron chi connectivity index (χ4n) is 8.56. The fraction of sp³-hybridized carbons (Fsp3) is 0.0800. The Bertz CT molecular complexity index is 2730. The van der Waals surface area contributed by atoms with E-state index in [0.29, 0.717) is 5.92 Å². The van der Waals surface area contributed by atoms with Gasteiger partial charge in [0.25, 0.3) is 0 Å². The molecule has 1 aliphatic carbocycles. The third-order valence-electron chi connectivity index (χ3n) is 11.1. The van der Waals surface area contributed by atoms with Gasteiger partial charge in [-0.05, 0) is 122 Å². The second-order valence-electron chi connectivity index (χ2n) is 14.1. The predicted octanol–water partition coefficient (Wildman–Crippen LogP) is 13.2. The summed E-state index contributed by atoms with van der Waals surface area (Å²) in [7, 11) is 0. The van der Waals surface area contributed by atoms with Crippen molar-refractivity contribution in [2.45, 2.75) is 25.2 Å². The summed E-state index contributed by atoms with van der Waals surface area (Å²) in [6, 6.07) is 67.5. The third kappa shape index (κ3) is 5.25. The van der Waals surface area contributed by atoms with Gasteiger partial charge in [0.05, 0.1) is 11.0 Å². The van der Waals surface area contributed by atoms with Crippen molar-refractivity contribution in [3.63, 3.8) is 0 Å². The first-order valence-electron chi connectivity index (χ1n) is 18.2. The van der Waals surface area contributed by atoms with Crippen LogP contribution in [0.3, 0.4) is 0 Å². The van der Waals surface area contributed by atoms with E-state index >= 15 is 0 Å². The molecule has 8 aromatic carbocycles. The lowest BCUT2D eigenvalue weighted by Crippen LogP contribution is -2.04. The van der Waals surface area contributed by atoms with Crippen molar-refractivity contribution in [3.8, 4) is 39.1 Å². The minimum absolute atomic E-state index is 0.440.